The maximum atomic E-state index is 10.2. The van der Waals surface area contributed by atoms with Crippen LogP contribution in [0, 0.1) is 0 Å². The summed E-state index contributed by atoms with van der Waals surface area (Å²) in [4.78, 5) is 4.07. The van der Waals surface area contributed by atoms with Crippen LogP contribution in [0.25, 0.3) is 0 Å². The van der Waals surface area contributed by atoms with E-state index in [9.17, 15) is 5.11 Å². The van der Waals surface area contributed by atoms with Gasteiger partial charge in [-0.15, -0.1) is 0 Å². The van der Waals surface area contributed by atoms with E-state index >= 15 is 0 Å². The monoisotopic (exact) mass is 255 g/mol. The minimum absolute atomic E-state index is 0.146. The van der Waals surface area contributed by atoms with Gasteiger partial charge in [0, 0.05) is 23.3 Å². The molecule has 0 radical (unpaired) electrons. The summed E-state index contributed by atoms with van der Waals surface area (Å²) in [5.41, 5.74) is 0.753. The van der Waals surface area contributed by atoms with Gasteiger partial charge in [-0.3, -0.25) is 4.98 Å². The zero-order valence-corrected chi connectivity index (χ0v) is 10.7. The fourth-order valence-corrected chi connectivity index (χ4v) is 2.64. The summed E-state index contributed by atoms with van der Waals surface area (Å²) in [6.07, 6.45) is 2.54. The average Bonchev–Trinajstić information content (AvgIpc) is 2.40. The molecule has 1 aliphatic heterocycles. The van der Waals surface area contributed by atoms with Crippen LogP contribution in [-0.2, 0) is 4.74 Å². The molecule has 0 amide bonds. The Hall–Kier alpha value is -0.780. The Morgan fingerprint density at radius 3 is 3.24 bits per heavy atom. The lowest BCUT2D eigenvalue weighted by molar-refractivity contribution is -0.0229. The van der Waals surface area contributed by atoms with Crippen molar-refractivity contribution in [2.45, 2.75) is 19.1 Å². The second-order valence-electron chi connectivity index (χ2n) is 3.82. The highest BCUT2D eigenvalue weighted by Crippen LogP contribution is 2.26. The molecule has 2 rings (SSSR count). The van der Waals surface area contributed by atoms with Crippen LogP contribution in [0.2, 0.25) is 0 Å². The van der Waals surface area contributed by atoms with Crippen molar-refractivity contribution >= 4 is 11.8 Å². The lowest BCUT2D eigenvalue weighted by atomic mass is 10.1. The predicted molar refractivity (Wildman–Crippen MR) is 67.4 cm³/mol. The second kappa shape index (κ2) is 6.23. The maximum absolute atomic E-state index is 10.2. The highest BCUT2D eigenvalue weighted by atomic mass is 32.2. The number of hydrogen-bond acceptors (Lipinski definition) is 5. The Morgan fingerprint density at radius 1 is 1.65 bits per heavy atom. The molecule has 0 spiro atoms. The van der Waals surface area contributed by atoms with Crippen molar-refractivity contribution in [3.63, 3.8) is 0 Å². The third-order valence-electron chi connectivity index (χ3n) is 2.58. The van der Waals surface area contributed by atoms with Crippen LogP contribution in [0.5, 0.6) is 5.75 Å². The Bertz CT molecular complexity index is 355. The van der Waals surface area contributed by atoms with E-state index in [-0.39, 0.29) is 6.10 Å². The van der Waals surface area contributed by atoms with Crippen LogP contribution in [0.1, 0.15) is 18.6 Å². The molecule has 2 atom stereocenters. The third-order valence-corrected chi connectivity index (χ3v) is 3.60. The Labute approximate surface area is 105 Å². The van der Waals surface area contributed by atoms with Gasteiger partial charge in [-0.1, -0.05) is 0 Å². The van der Waals surface area contributed by atoms with Gasteiger partial charge in [-0.2, -0.15) is 11.8 Å². The van der Waals surface area contributed by atoms with Crippen LogP contribution in [0.3, 0.4) is 0 Å². The van der Waals surface area contributed by atoms with E-state index in [0.717, 1.165) is 17.1 Å². The first-order valence-electron chi connectivity index (χ1n) is 5.76. The molecule has 1 aromatic heterocycles. The molecule has 94 valence electrons. The van der Waals surface area contributed by atoms with Crippen LogP contribution < -0.4 is 4.74 Å². The lowest BCUT2D eigenvalue weighted by Crippen LogP contribution is -2.29. The molecule has 1 saturated heterocycles. The van der Waals surface area contributed by atoms with Gasteiger partial charge < -0.3 is 14.6 Å². The molecule has 1 aromatic rings. The summed E-state index contributed by atoms with van der Waals surface area (Å²) in [7, 11) is 0. The van der Waals surface area contributed by atoms with Gasteiger partial charge in [0.2, 0.25) is 0 Å². The van der Waals surface area contributed by atoms with E-state index in [4.69, 9.17) is 9.47 Å². The standard InChI is InChI=1S/C12H17NO3S/c1-2-15-10-5-9(6-13-7-10)12(14)11-8-17-4-3-16-11/h5-7,11-12,14H,2-4,8H2,1H3. The van der Waals surface area contributed by atoms with Gasteiger partial charge in [0.25, 0.3) is 0 Å². The average molecular weight is 255 g/mol. The summed E-state index contributed by atoms with van der Waals surface area (Å²) in [6.45, 7) is 3.21. The van der Waals surface area contributed by atoms with Gasteiger partial charge in [-0.25, -0.2) is 0 Å². The number of aromatic nitrogens is 1. The fourth-order valence-electron chi connectivity index (χ4n) is 1.75. The van der Waals surface area contributed by atoms with Crippen molar-refractivity contribution in [3.05, 3.63) is 24.0 Å². The number of aliphatic hydroxyl groups is 1. The molecule has 17 heavy (non-hydrogen) atoms. The van der Waals surface area contributed by atoms with E-state index in [1.165, 1.54) is 0 Å². The third kappa shape index (κ3) is 3.34. The van der Waals surface area contributed by atoms with Crippen LogP contribution in [0.15, 0.2) is 18.5 Å². The summed E-state index contributed by atoms with van der Waals surface area (Å²) in [6, 6.07) is 1.82. The smallest absolute Gasteiger partial charge is 0.137 e. The predicted octanol–water partition coefficient (Wildman–Crippen LogP) is 1.65. The number of rotatable bonds is 4. The maximum Gasteiger partial charge on any atom is 0.137 e. The minimum Gasteiger partial charge on any atom is -0.492 e. The van der Waals surface area contributed by atoms with Crippen LogP contribution >= 0.6 is 11.8 Å². The largest absolute Gasteiger partial charge is 0.492 e. The van der Waals surface area contributed by atoms with Crippen LogP contribution in [0.4, 0.5) is 0 Å². The van der Waals surface area contributed by atoms with Crippen molar-refractivity contribution in [1.29, 1.82) is 0 Å². The quantitative estimate of drug-likeness (QED) is 0.886. The van der Waals surface area contributed by atoms with Crippen molar-refractivity contribution in [3.8, 4) is 5.75 Å². The number of nitrogens with zero attached hydrogens (tertiary/aromatic N) is 1. The van der Waals surface area contributed by atoms with Crippen molar-refractivity contribution in [2.24, 2.45) is 0 Å². The Morgan fingerprint density at radius 2 is 2.53 bits per heavy atom. The lowest BCUT2D eigenvalue weighted by Gasteiger charge is -2.26. The topological polar surface area (TPSA) is 51.6 Å². The van der Waals surface area contributed by atoms with Crippen LogP contribution in [-0.4, -0.2) is 40.9 Å². The Balaban J connectivity index is 2.06. The van der Waals surface area contributed by atoms with Crippen molar-refractivity contribution in [1.82, 2.24) is 4.98 Å². The highest BCUT2D eigenvalue weighted by molar-refractivity contribution is 7.99. The van der Waals surface area contributed by atoms with E-state index in [1.54, 1.807) is 24.2 Å². The molecule has 0 bridgehead atoms. The summed E-state index contributed by atoms with van der Waals surface area (Å²) in [5.74, 6) is 2.51. The fraction of sp³-hybridized carbons (Fsp3) is 0.583. The first-order valence-corrected chi connectivity index (χ1v) is 6.92. The number of hydrogen-bond donors (Lipinski definition) is 1. The van der Waals surface area contributed by atoms with Crippen molar-refractivity contribution < 1.29 is 14.6 Å². The molecular weight excluding hydrogens is 238 g/mol. The molecule has 5 heteroatoms. The van der Waals surface area contributed by atoms with Gasteiger partial charge >= 0.3 is 0 Å². The number of ether oxygens (including phenoxy) is 2. The zero-order chi connectivity index (χ0) is 12.1. The number of pyridine rings is 1. The molecule has 2 unspecified atom stereocenters. The number of thioether (sulfide) groups is 1. The number of aliphatic hydroxyl groups excluding tert-OH is 1. The van der Waals surface area contributed by atoms with E-state index < -0.39 is 6.10 Å². The van der Waals surface area contributed by atoms with Gasteiger partial charge in [0.05, 0.1) is 25.5 Å². The van der Waals surface area contributed by atoms with Gasteiger partial charge in [-0.05, 0) is 13.0 Å². The highest BCUT2D eigenvalue weighted by Gasteiger charge is 2.24. The Kier molecular flexibility index (Phi) is 4.65. The van der Waals surface area contributed by atoms with Crippen molar-refractivity contribution in [2.75, 3.05) is 24.7 Å². The first-order chi connectivity index (χ1) is 8.31. The molecule has 2 heterocycles. The van der Waals surface area contributed by atoms with Gasteiger partial charge in [0.1, 0.15) is 11.9 Å². The molecule has 0 aromatic carbocycles. The molecule has 1 fully saturated rings. The minimum atomic E-state index is -0.629. The molecule has 4 nitrogen and oxygen atoms in total. The molecule has 1 N–H and O–H groups in total. The SMILES string of the molecule is CCOc1cncc(C(O)C2CSCCO2)c1. The first kappa shape index (κ1) is 12.7. The summed E-state index contributed by atoms with van der Waals surface area (Å²) >= 11 is 1.80. The normalized spacial score (nSPS) is 22.1. The molecular formula is C12H17NO3S. The van der Waals surface area contributed by atoms with E-state index in [1.807, 2.05) is 13.0 Å². The van der Waals surface area contributed by atoms with E-state index in [0.29, 0.717) is 19.0 Å². The molecule has 0 saturated carbocycles. The molecule has 0 aliphatic carbocycles. The molecule has 1 aliphatic rings. The van der Waals surface area contributed by atoms with Gasteiger partial charge in [0.15, 0.2) is 0 Å². The van der Waals surface area contributed by atoms with E-state index in [2.05, 4.69) is 4.98 Å². The zero-order valence-electron chi connectivity index (χ0n) is 9.83. The summed E-state index contributed by atoms with van der Waals surface area (Å²) in [5, 5.41) is 10.2. The summed E-state index contributed by atoms with van der Waals surface area (Å²) < 4.78 is 10.9. The second-order valence-corrected chi connectivity index (χ2v) is 4.97.